The first-order chi connectivity index (χ1) is 6.39. The first-order valence-corrected chi connectivity index (χ1v) is 5.99. The maximum absolute atomic E-state index is 10.9. The van der Waals surface area contributed by atoms with Crippen molar-refractivity contribution in [1.29, 1.82) is 0 Å². The van der Waals surface area contributed by atoms with E-state index in [0.29, 0.717) is 12.5 Å². The van der Waals surface area contributed by atoms with Gasteiger partial charge in [-0.05, 0) is 12.3 Å². The van der Waals surface area contributed by atoms with Crippen LogP contribution < -0.4 is 5.14 Å². The summed E-state index contributed by atoms with van der Waals surface area (Å²) >= 11 is 0. The SMILES string of the molecule is CC(C)CCn1cc(S(N)(=O)=O)cn1. The fraction of sp³-hybridized carbons (Fsp3) is 0.625. The van der Waals surface area contributed by atoms with E-state index in [1.165, 1.54) is 12.4 Å². The minimum atomic E-state index is -3.60. The van der Waals surface area contributed by atoms with Gasteiger partial charge in [0, 0.05) is 12.7 Å². The third-order valence-electron chi connectivity index (χ3n) is 1.87. The maximum atomic E-state index is 10.9. The van der Waals surface area contributed by atoms with Crippen molar-refractivity contribution in [2.45, 2.75) is 31.7 Å². The van der Waals surface area contributed by atoms with E-state index in [9.17, 15) is 8.42 Å². The standard InChI is InChI=1S/C8H15N3O2S/c1-7(2)3-4-11-6-8(5-10-11)14(9,12)13/h5-7H,3-4H2,1-2H3,(H2,9,12,13). The lowest BCUT2D eigenvalue weighted by atomic mass is 10.1. The molecule has 5 nitrogen and oxygen atoms in total. The van der Waals surface area contributed by atoms with Crippen LogP contribution in [0, 0.1) is 5.92 Å². The minimum absolute atomic E-state index is 0.0706. The van der Waals surface area contributed by atoms with Crippen LogP contribution in [0.4, 0.5) is 0 Å². The topological polar surface area (TPSA) is 78.0 Å². The van der Waals surface area contributed by atoms with E-state index >= 15 is 0 Å². The zero-order chi connectivity index (χ0) is 10.8. The molecule has 0 fully saturated rings. The predicted octanol–water partition coefficient (Wildman–Crippen LogP) is 0.577. The van der Waals surface area contributed by atoms with Crippen molar-refractivity contribution in [3.05, 3.63) is 12.4 Å². The van der Waals surface area contributed by atoms with E-state index in [0.717, 1.165) is 6.42 Å². The molecule has 0 aliphatic heterocycles. The van der Waals surface area contributed by atoms with E-state index in [1.807, 2.05) is 0 Å². The van der Waals surface area contributed by atoms with Gasteiger partial charge in [0.25, 0.3) is 0 Å². The van der Waals surface area contributed by atoms with Gasteiger partial charge >= 0.3 is 0 Å². The number of hydrogen-bond acceptors (Lipinski definition) is 3. The molecule has 6 heteroatoms. The quantitative estimate of drug-likeness (QED) is 0.801. The Bertz CT molecular complexity index is 394. The van der Waals surface area contributed by atoms with Crippen molar-refractivity contribution < 1.29 is 8.42 Å². The molecule has 1 aromatic rings. The third kappa shape index (κ3) is 3.12. The van der Waals surface area contributed by atoms with E-state index in [-0.39, 0.29) is 4.90 Å². The van der Waals surface area contributed by atoms with E-state index in [1.54, 1.807) is 4.68 Å². The molecular formula is C8H15N3O2S. The zero-order valence-electron chi connectivity index (χ0n) is 8.34. The highest BCUT2D eigenvalue weighted by Crippen LogP contribution is 2.06. The van der Waals surface area contributed by atoms with Crippen molar-refractivity contribution >= 4 is 10.0 Å². The molecule has 0 bridgehead atoms. The molecule has 0 atom stereocenters. The second kappa shape index (κ2) is 4.10. The summed E-state index contributed by atoms with van der Waals surface area (Å²) in [7, 11) is -3.60. The number of primary sulfonamides is 1. The third-order valence-corrected chi connectivity index (χ3v) is 2.74. The van der Waals surface area contributed by atoms with Crippen LogP contribution in [0.15, 0.2) is 17.3 Å². The predicted molar refractivity (Wildman–Crippen MR) is 53.1 cm³/mol. The molecule has 80 valence electrons. The molecule has 0 saturated heterocycles. The summed E-state index contributed by atoms with van der Waals surface area (Å²) in [6.45, 7) is 4.92. The number of rotatable bonds is 4. The Morgan fingerprint density at radius 1 is 1.57 bits per heavy atom. The van der Waals surface area contributed by atoms with Crippen molar-refractivity contribution in [3.8, 4) is 0 Å². The molecule has 0 spiro atoms. The molecule has 0 amide bonds. The molecule has 0 aliphatic carbocycles. The normalized spacial score (nSPS) is 12.3. The van der Waals surface area contributed by atoms with Crippen LogP contribution in [0.2, 0.25) is 0 Å². The van der Waals surface area contributed by atoms with Crippen LogP contribution in [-0.2, 0) is 16.6 Å². The summed E-state index contributed by atoms with van der Waals surface area (Å²) in [5.74, 6) is 0.567. The van der Waals surface area contributed by atoms with Crippen LogP contribution in [0.1, 0.15) is 20.3 Å². The van der Waals surface area contributed by atoms with Crippen molar-refractivity contribution in [2.75, 3.05) is 0 Å². The number of sulfonamides is 1. The van der Waals surface area contributed by atoms with Crippen LogP contribution >= 0.6 is 0 Å². The van der Waals surface area contributed by atoms with Gasteiger partial charge in [0.2, 0.25) is 10.0 Å². The monoisotopic (exact) mass is 217 g/mol. The molecule has 14 heavy (non-hydrogen) atoms. The van der Waals surface area contributed by atoms with Crippen molar-refractivity contribution in [1.82, 2.24) is 9.78 Å². The minimum Gasteiger partial charge on any atom is -0.271 e. The molecule has 0 unspecified atom stereocenters. The average Bonchev–Trinajstić information content (AvgIpc) is 2.47. The Balaban J connectivity index is 2.70. The summed E-state index contributed by atoms with van der Waals surface area (Å²) in [6.07, 6.45) is 3.69. The van der Waals surface area contributed by atoms with Crippen LogP contribution in [-0.4, -0.2) is 18.2 Å². The van der Waals surface area contributed by atoms with Gasteiger partial charge in [-0.25, -0.2) is 13.6 Å². The molecule has 1 rings (SSSR count). The highest BCUT2D eigenvalue weighted by atomic mass is 32.2. The van der Waals surface area contributed by atoms with Gasteiger partial charge in [-0.15, -0.1) is 0 Å². The lowest BCUT2D eigenvalue weighted by molar-refractivity contribution is 0.486. The molecule has 0 radical (unpaired) electrons. The Hall–Kier alpha value is -0.880. The fourth-order valence-electron chi connectivity index (χ4n) is 1.00. The first kappa shape index (κ1) is 11.2. The fourth-order valence-corrected chi connectivity index (χ4v) is 1.47. The lowest BCUT2D eigenvalue weighted by Gasteiger charge is -2.03. The Morgan fingerprint density at radius 2 is 2.21 bits per heavy atom. The Morgan fingerprint density at radius 3 is 2.64 bits per heavy atom. The van der Waals surface area contributed by atoms with Gasteiger partial charge in [-0.1, -0.05) is 13.8 Å². The second-order valence-corrected chi connectivity index (χ2v) is 5.23. The molecule has 2 N–H and O–H groups in total. The Kier molecular flexibility index (Phi) is 3.28. The summed E-state index contributed by atoms with van der Waals surface area (Å²) < 4.78 is 23.4. The number of nitrogens with zero attached hydrogens (tertiary/aromatic N) is 2. The summed E-state index contributed by atoms with van der Waals surface area (Å²) in [5.41, 5.74) is 0. The number of hydrogen-bond donors (Lipinski definition) is 1. The highest BCUT2D eigenvalue weighted by Gasteiger charge is 2.10. The molecule has 0 aliphatic rings. The lowest BCUT2D eigenvalue weighted by Crippen LogP contribution is -2.11. The van der Waals surface area contributed by atoms with Gasteiger partial charge in [-0.3, -0.25) is 4.68 Å². The van der Waals surface area contributed by atoms with E-state index in [2.05, 4.69) is 18.9 Å². The van der Waals surface area contributed by atoms with Crippen LogP contribution in [0.5, 0.6) is 0 Å². The summed E-state index contributed by atoms with van der Waals surface area (Å²) in [4.78, 5) is 0.0706. The van der Waals surface area contributed by atoms with Crippen LogP contribution in [0.3, 0.4) is 0 Å². The van der Waals surface area contributed by atoms with Gasteiger partial charge in [0.15, 0.2) is 0 Å². The molecule has 1 heterocycles. The zero-order valence-corrected chi connectivity index (χ0v) is 9.16. The van der Waals surface area contributed by atoms with Crippen LogP contribution in [0.25, 0.3) is 0 Å². The first-order valence-electron chi connectivity index (χ1n) is 4.45. The van der Waals surface area contributed by atoms with Gasteiger partial charge in [0.05, 0.1) is 6.20 Å². The van der Waals surface area contributed by atoms with Gasteiger partial charge in [-0.2, -0.15) is 5.10 Å². The number of aryl methyl sites for hydroxylation is 1. The summed E-state index contributed by atoms with van der Waals surface area (Å²) in [6, 6.07) is 0. The maximum Gasteiger partial charge on any atom is 0.241 e. The summed E-state index contributed by atoms with van der Waals surface area (Å²) in [5, 5.41) is 8.86. The van der Waals surface area contributed by atoms with Crippen molar-refractivity contribution in [2.24, 2.45) is 11.1 Å². The molecular weight excluding hydrogens is 202 g/mol. The van der Waals surface area contributed by atoms with E-state index in [4.69, 9.17) is 5.14 Å². The largest absolute Gasteiger partial charge is 0.271 e. The molecule has 1 aromatic heterocycles. The van der Waals surface area contributed by atoms with E-state index < -0.39 is 10.0 Å². The van der Waals surface area contributed by atoms with Crippen molar-refractivity contribution in [3.63, 3.8) is 0 Å². The number of nitrogens with two attached hydrogens (primary N) is 1. The molecule has 0 saturated carbocycles. The van der Waals surface area contributed by atoms with Gasteiger partial charge in [0.1, 0.15) is 4.90 Å². The number of aromatic nitrogens is 2. The smallest absolute Gasteiger partial charge is 0.241 e. The Labute approximate surface area is 84.0 Å². The second-order valence-electron chi connectivity index (χ2n) is 3.67. The van der Waals surface area contributed by atoms with Gasteiger partial charge < -0.3 is 0 Å². The average molecular weight is 217 g/mol. The highest BCUT2D eigenvalue weighted by molar-refractivity contribution is 7.89. The molecule has 0 aromatic carbocycles.